The Hall–Kier alpha value is -3.86. The van der Waals surface area contributed by atoms with Gasteiger partial charge in [-0.3, -0.25) is 14.2 Å². The molecule has 0 atom stereocenters. The van der Waals surface area contributed by atoms with Crippen LogP contribution in [0.2, 0.25) is 5.02 Å². The van der Waals surface area contributed by atoms with Crippen LogP contribution in [0.4, 0.5) is 17.1 Å². The zero-order chi connectivity index (χ0) is 27.5. The number of carbonyl (C=O) groups is 1. The van der Waals surface area contributed by atoms with Crippen LogP contribution in [0.3, 0.4) is 0 Å². The Balaban J connectivity index is 1.50. The van der Waals surface area contributed by atoms with Crippen molar-refractivity contribution >= 4 is 54.6 Å². The lowest BCUT2D eigenvalue weighted by atomic mass is 10.1. The molecule has 0 heterocycles. The molecule has 11 heteroatoms. The number of nitrogens with one attached hydrogen (secondary N) is 3. The molecule has 0 aromatic heterocycles. The number of anilines is 3. The second-order valence-corrected chi connectivity index (χ2v) is 12.2. The fourth-order valence-electron chi connectivity index (χ4n) is 3.51. The van der Waals surface area contributed by atoms with Crippen molar-refractivity contribution in [2.45, 2.75) is 23.6 Å². The minimum Gasteiger partial charge on any atom is -0.322 e. The Morgan fingerprint density at radius 1 is 0.658 bits per heavy atom. The maximum Gasteiger partial charge on any atom is 0.263 e. The normalized spacial score (nSPS) is 11.6. The second-order valence-electron chi connectivity index (χ2n) is 8.50. The van der Waals surface area contributed by atoms with Crippen LogP contribution in [0.5, 0.6) is 0 Å². The number of aryl methyl sites for hydroxylation is 2. The lowest BCUT2D eigenvalue weighted by molar-refractivity contribution is 0.102. The first-order valence-electron chi connectivity index (χ1n) is 11.3. The van der Waals surface area contributed by atoms with Crippen LogP contribution in [0.25, 0.3) is 0 Å². The number of para-hydroxylation sites is 1. The molecule has 1 amide bonds. The van der Waals surface area contributed by atoms with Crippen molar-refractivity contribution in [3.63, 3.8) is 0 Å². The van der Waals surface area contributed by atoms with E-state index in [-0.39, 0.29) is 20.4 Å². The Labute approximate surface area is 226 Å². The van der Waals surface area contributed by atoms with E-state index >= 15 is 0 Å². The number of carbonyl (C=O) groups excluding carboxylic acids is 1. The molecule has 4 aromatic carbocycles. The third-order valence-corrected chi connectivity index (χ3v) is 8.95. The van der Waals surface area contributed by atoms with Gasteiger partial charge in [0.15, 0.2) is 0 Å². The maximum absolute atomic E-state index is 13.0. The van der Waals surface area contributed by atoms with Crippen molar-refractivity contribution in [1.82, 2.24) is 0 Å². The monoisotopic (exact) mass is 569 g/mol. The van der Waals surface area contributed by atoms with E-state index in [1.54, 1.807) is 48.5 Å². The van der Waals surface area contributed by atoms with Gasteiger partial charge in [-0.15, -0.1) is 0 Å². The highest BCUT2D eigenvalue weighted by Gasteiger charge is 2.21. The molecule has 4 rings (SSSR count). The van der Waals surface area contributed by atoms with Crippen molar-refractivity contribution in [2.75, 3.05) is 14.8 Å². The molecule has 0 saturated carbocycles. The predicted molar refractivity (Wildman–Crippen MR) is 150 cm³/mol. The molecule has 4 aromatic rings. The molecular formula is C27H24ClN3O5S2. The van der Waals surface area contributed by atoms with Gasteiger partial charge in [0.2, 0.25) is 0 Å². The molecule has 196 valence electrons. The van der Waals surface area contributed by atoms with Crippen LogP contribution in [0.15, 0.2) is 101 Å². The molecule has 38 heavy (non-hydrogen) atoms. The summed E-state index contributed by atoms with van der Waals surface area (Å²) in [6.45, 7) is 3.79. The minimum absolute atomic E-state index is 0.0108. The molecular weight excluding hydrogens is 546 g/mol. The van der Waals surface area contributed by atoms with Crippen LogP contribution in [0.1, 0.15) is 21.5 Å². The number of benzene rings is 4. The minimum atomic E-state index is -4.09. The van der Waals surface area contributed by atoms with E-state index in [0.29, 0.717) is 17.1 Å². The van der Waals surface area contributed by atoms with Crippen LogP contribution in [-0.2, 0) is 20.0 Å². The Morgan fingerprint density at radius 2 is 1.29 bits per heavy atom. The third kappa shape index (κ3) is 6.34. The van der Waals surface area contributed by atoms with Gasteiger partial charge in [0.05, 0.1) is 9.92 Å². The van der Waals surface area contributed by atoms with E-state index in [1.807, 2.05) is 13.8 Å². The van der Waals surface area contributed by atoms with Crippen molar-refractivity contribution in [1.29, 1.82) is 0 Å². The molecule has 0 unspecified atom stereocenters. The highest BCUT2D eigenvalue weighted by Crippen LogP contribution is 2.27. The van der Waals surface area contributed by atoms with E-state index in [2.05, 4.69) is 14.8 Å². The van der Waals surface area contributed by atoms with Gasteiger partial charge in [-0.2, -0.15) is 0 Å². The zero-order valence-corrected chi connectivity index (χ0v) is 22.8. The highest BCUT2D eigenvalue weighted by molar-refractivity contribution is 7.93. The molecule has 0 spiro atoms. The number of hydrogen-bond donors (Lipinski definition) is 3. The van der Waals surface area contributed by atoms with Crippen LogP contribution < -0.4 is 14.8 Å². The Kier molecular flexibility index (Phi) is 7.77. The Morgan fingerprint density at radius 3 is 1.95 bits per heavy atom. The van der Waals surface area contributed by atoms with Gasteiger partial charge in [0, 0.05) is 22.6 Å². The standard InChI is InChI=1S/C27H24ClN3O5S2/c1-18-8-10-23(16-19(18)2)31-38(35,36)26-17-20(9-15-25(26)28)27(32)29-21-11-13-24(14-12-21)37(33,34)30-22-6-4-3-5-7-22/h3-17,30-31H,1-2H3,(H,29,32). The van der Waals surface area contributed by atoms with Crippen molar-refractivity contribution < 1.29 is 21.6 Å². The van der Waals surface area contributed by atoms with Crippen LogP contribution in [0, 0.1) is 13.8 Å². The summed E-state index contributed by atoms with van der Waals surface area (Å²) in [6.07, 6.45) is 0. The molecule has 0 bridgehead atoms. The van der Waals surface area contributed by atoms with E-state index in [9.17, 15) is 21.6 Å². The summed E-state index contributed by atoms with van der Waals surface area (Å²) in [5, 5.41) is 2.59. The summed E-state index contributed by atoms with van der Waals surface area (Å²) in [7, 11) is -7.91. The summed E-state index contributed by atoms with van der Waals surface area (Å²) in [4.78, 5) is 12.6. The second kappa shape index (κ2) is 10.9. The molecule has 0 radical (unpaired) electrons. The van der Waals surface area contributed by atoms with Gasteiger partial charge in [0.1, 0.15) is 4.90 Å². The Bertz CT molecular complexity index is 1710. The average Bonchev–Trinajstić information content (AvgIpc) is 2.87. The largest absolute Gasteiger partial charge is 0.322 e. The van der Waals surface area contributed by atoms with E-state index in [1.165, 1.54) is 42.5 Å². The molecule has 8 nitrogen and oxygen atoms in total. The summed E-state index contributed by atoms with van der Waals surface area (Å²) < 4.78 is 56.2. The van der Waals surface area contributed by atoms with Gasteiger partial charge in [-0.05, 0) is 91.7 Å². The van der Waals surface area contributed by atoms with Gasteiger partial charge >= 0.3 is 0 Å². The molecule has 0 aliphatic rings. The molecule has 0 saturated heterocycles. The zero-order valence-electron chi connectivity index (χ0n) is 20.4. The highest BCUT2D eigenvalue weighted by atomic mass is 35.5. The van der Waals surface area contributed by atoms with E-state index in [0.717, 1.165) is 11.1 Å². The molecule has 0 aliphatic heterocycles. The summed E-state index contributed by atoms with van der Waals surface area (Å²) in [6, 6.07) is 23.1. The summed E-state index contributed by atoms with van der Waals surface area (Å²) in [5.74, 6) is -0.595. The molecule has 0 fully saturated rings. The number of amides is 1. The molecule has 0 aliphatic carbocycles. The molecule has 3 N–H and O–H groups in total. The number of rotatable bonds is 8. The maximum atomic E-state index is 13.0. The van der Waals surface area contributed by atoms with Crippen molar-refractivity contribution in [3.8, 4) is 0 Å². The number of hydrogen-bond acceptors (Lipinski definition) is 5. The third-order valence-electron chi connectivity index (χ3n) is 5.69. The lowest BCUT2D eigenvalue weighted by Gasteiger charge is -2.13. The van der Waals surface area contributed by atoms with Crippen LogP contribution >= 0.6 is 11.6 Å². The summed E-state index contributed by atoms with van der Waals surface area (Å²) >= 11 is 6.17. The summed E-state index contributed by atoms with van der Waals surface area (Å²) in [5.41, 5.74) is 3.10. The first-order valence-corrected chi connectivity index (χ1v) is 14.7. The number of sulfonamides is 2. The quantitative estimate of drug-likeness (QED) is 0.247. The van der Waals surface area contributed by atoms with Crippen molar-refractivity contribution in [2.24, 2.45) is 0 Å². The van der Waals surface area contributed by atoms with Gasteiger partial charge < -0.3 is 5.32 Å². The van der Waals surface area contributed by atoms with Crippen molar-refractivity contribution in [3.05, 3.63) is 113 Å². The average molecular weight is 570 g/mol. The topological polar surface area (TPSA) is 121 Å². The van der Waals surface area contributed by atoms with Gasteiger partial charge in [-0.25, -0.2) is 16.8 Å². The smallest absolute Gasteiger partial charge is 0.263 e. The van der Waals surface area contributed by atoms with E-state index < -0.39 is 26.0 Å². The van der Waals surface area contributed by atoms with Gasteiger partial charge in [-0.1, -0.05) is 35.9 Å². The predicted octanol–water partition coefficient (Wildman–Crippen LogP) is 5.81. The van der Waals surface area contributed by atoms with E-state index in [4.69, 9.17) is 11.6 Å². The van der Waals surface area contributed by atoms with Crippen LogP contribution in [-0.4, -0.2) is 22.7 Å². The fraction of sp³-hybridized carbons (Fsp3) is 0.0741. The van der Waals surface area contributed by atoms with Gasteiger partial charge in [0.25, 0.3) is 26.0 Å². The lowest BCUT2D eigenvalue weighted by Crippen LogP contribution is -2.17. The first kappa shape index (κ1) is 27.2. The first-order chi connectivity index (χ1) is 17.9. The fourth-order valence-corrected chi connectivity index (χ4v) is 6.14. The number of halogens is 1. The SMILES string of the molecule is Cc1ccc(NS(=O)(=O)c2cc(C(=O)Nc3ccc(S(=O)(=O)Nc4ccccc4)cc3)ccc2Cl)cc1C.